The highest BCUT2D eigenvalue weighted by Crippen LogP contribution is 2.15. The molecule has 3 rings (SSSR count). The summed E-state index contributed by atoms with van der Waals surface area (Å²) in [7, 11) is 0. The molecule has 6 nitrogen and oxygen atoms in total. The van der Waals surface area contributed by atoms with Crippen LogP contribution >= 0.6 is 11.6 Å². The van der Waals surface area contributed by atoms with Gasteiger partial charge in [-0.15, -0.1) is 0 Å². The molecule has 0 atom stereocenters. The Bertz CT molecular complexity index is 1110. The third-order valence-corrected chi connectivity index (χ3v) is 4.76. The van der Waals surface area contributed by atoms with Crippen molar-refractivity contribution < 1.29 is 14.3 Å². The van der Waals surface area contributed by atoms with Crippen molar-refractivity contribution in [2.75, 3.05) is 11.9 Å². The quantitative estimate of drug-likeness (QED) is 0.415. The Balaban J connectivity index is 1.51. The zero-order valence-corrected chi connectivity index (χ0v) is 17.9. The predicted molar refractivity (Wildman–Crippen MR) is 123 cm³/mol. The van der Waals surface area contributed by atoms with Gasteiger partial charge in [-0.3, -0.25) is 9.59 Å². The number of rotatable bonds is 7. The lowest BCUT2D eigenvalue weighted by Crippen LogP contribution is -2.20. The minimum absolute atomic E-state index is 0.124. The molecule has 3 aromatic carbocycles. The Kier molecular flexibility index (Phi) is 7.40. The standard InChI is InChI=1S/C24H22ClN3O3/c1-16-6-11-21(12-17(16)2)27-23(29)15-31-22-5-3-4-18(13-22)14-26-28-24(30)19-7-9-20(25)10-8-19/h3-14H,15H2,1-2H3,(H,27,29)(H,28,30). The Morgan fingerprint density at radius 3 is 2.52 bits per heavy atom. The van der Waals surface area contributed by atoms with Gasteiger partial charge in [0.15, 0.2) is 6.61 Å². The van der Waals surface area contributed by atoms with Gasteiger partial charge in [0.2, 0.25) is 0 Å². The van der Waals surface area contributed by atoms with Crippen LogP contribution in [0.3, 0.4) is 0 Å². The van der Waals surface area contributed by atoms with Crippen molar-refractivity contribution in [1.82, 2.24) is 5.43 Å². The van der Waals surface area contributed by atoms with Crippen molar-refractivity contribution in [3.05, 3.63) is 94.0 Å². The van der Waals surface area contributed by atoms with Crippen LogP contribution in [-0.2, 0) is 4.79 Å². The Hall–Kier alpha value is -3.64. The number of amides is 2. The second kappa shape index (κ2) is 10.4. The molecule has 2 amide bonds. The molecule has 0 aliphatic rings. The Morgan fingerprint density at radius 1 is 1.00 bits per heavy atom. The van der Waals surface area contributed by atoms with Crippen molar-refractivity contribution >= 4 is 35.3 Å². The molecule has 158 valence electrons. The SMILES string of the molecule is Cc1ccc(NC(=O)COc2cccc(C=NNC(=O)c3ccc(Cl)cc3)c2)cc1C. The van der Waals surface area contributed by atoms with Crippen LogP contribution in [0.5, 0.6) is 5.75 Å². The normalized spacial score (nSPS) is 10.7. The van der Waals surface area contributed by atoms with E-state index in [9.17, 15) is 9.59 Å². The molecule has 0 aromatic heterocycles. The summed E-state index contributed by atoms with van der Waals surface area (Å²) in [6.07, 6.45) is 1.50. The highest BCUT2D eigenvalue weighted by molar-refractivity contribution is 6.30. The van der Waals surface area contributed by atoms with E-state index in [2.05, 4.69) is 15.8 Å². The van der Waals surface area contributed by atoms with Crippen LogP contribution in [0.15, 0.2) is 71.8 Å². The summed E-state index contributed by atoms with van der Waals surface area (Å²) in [6, 6.07) is 19.3. The number of ether oxygens (including phenoxy) is 1. The zero-order chi connectivity index (χ0) is 22.2. The van der Waals surface area contributed by atoms with Gasteiger partial charge in [0.1, 0.15) is 5.75 Å². The van der Waals surface area contributed by atoms with Crippen LogP contribution in [0.2, 0.25) is 5.02 Å². The van der Waals surface area contributed by atoms with E-state index in [-0.39, 0.29) is 18.4 Å². The first-order valence-electron chi connectivity index (χ1n) is 9.59. The van der Waals surface area contributed by atoms with Gasteiger partial charge < -0.3 is 10.1 Å². The van der Waals surface area contributed by atoms with Gasteiger partial charge in [0.25, 0.3) is 11.8 Å². The van der Waals surface area contributed by atoms with E-state index in [1.807, 2.05) is 32.0 Å². The highest BCUT2D eigenvalue weighted by atomic mass is 35.5. The molecule has 0 heterocycles. The fourth-order valence-electron chi connectivity index (χ4n) is 2.68. The lowest BCUT2D eigenvalue weighted by molar-refractivity contribution is -0.118. The van der Waals surface area contributed by atoms with Gasteiger partial charge in [-0.25, -0.2) is 5.43 Å². The van der Waals surface area contributed by atoms with E-state index in [4.69, 9.17) is 16.3 Å². The molecular weight excluding hydrogens is 414 g/mol. The third-order valence-electron chi connectivity index (χ3n) is 4.50. The maximum absolute atomic E-state index is 12.2. The average Bonchev–Trinajstić information content (AvgIpc) is 2.75. The monoisotopic (exact) mass is 435 g/mol. The van der Waals surface area contributed by atoms with Crippen LogP contribution < -0.4 is 15.5 Å². The summed E-state index contributed by atoms with van der Waals surface area (Å²) in [4.78, 5) is 24.2. The molecule has 3 aromatic rings. The second-order valence-corrected chi connectivity index (χ2v) is 7.35. The number of hydrazone groups is 1. The lowest BCUT2D eigenvalue weighted by atomic mass is 10.1. The van der Waals surface area contributed by atoms with Crippen molar-refractivity contribution in [3.63, 3.8) is 0 Å². The summed E-state index contributed by atoms with van der Waals surface area (Å²) < 4.78 is 5.57. The average molecular weight is 436 g/mol. The molecule has 2 N–H and O–H groups in total. The van der Waals surface area contributed by atoms with Crippen molar-refractivity contribution in [1.29, 1.82) is 0 Å². The molecule has 0 bridgehead atoms. The fourth-order valence-corrected chi connectivity index (χ4v) is 2.81. The maximum atomic E-state index is 12.2. The largest absolute Gasteiger partial charge is 0.484 e. The van der Waals surface area contributed by atoms with Gasteiger partial charge in [0, 0.05) is 16.3 Å². The van der Waals surface area contributed by atoms with E-state index in [1.165, 1.54) is 6.21 Å². The molecule has 0 saturated heterocycles. The number of hydrogen-bond acceptors (Lipinski definition) is 4. The number of nitrogens with one attached hydrogen (secondary N) is 2. The van der Waals surface area contributed by atoms with E-state index >= 15 is 0 Å². The highest BCUT2D eigenvalue weighted by Gasteiger charge is 2.06. The number of aryl methyl sites for hydroxylation is 2. The predicted octanol–water partition coefficient (Wildman–Crippen LogP) is 4.74. The minimum Gasteiger partial charge on any atom is -0.484 e. The first-order chi connectivity index (χ1) is 14.9. The number of hydrogen-bond donors (Lipinski definition) is 2. The number of anilines is 1. The minimum atomic E-state index is -0.344. The number of nitrogens with zero attached hydrogens (tertiary/aromatic N) is 1. The van der Waals surface area contributed by atoms with Gasteiger partial charge in [-0.1, -0.05) is 29.8 Å². The summed E-state index contributed by atoms with van der Waals surface area (Å²) in [6.45, 7) is 3.89. The molecular formula is C24H22ClN3O3. The molecule has 0 fully saturated rings. The molecule has 0 unspecified atom stereocenters. The number of carbonyl (C=O) groups excluding carboxylic acids is 2. The first kappa shape index (κ1) is 22.1. The first-order valence-corrected chi connectivity index (χ1v) is 9.97. The van der Waals surface area contributed by atoms with Gasteiger partial charge in [0.05, 0.1) is 6.21 Å². The van der Waals surface area contributed by atoms with Crippen LogP contribution in [0.4, 0.5) is 5.69 Å². The summed E-state index contributed by atoms with van der Waals surface area (Å²) in [5.74, 6) is -0.0795. The van der Waals surface area contributed by atoms with Crippen molar-refractivity contribution in [3.8, 4) is 5.75 Å². The number of benzene rings is 3. The zero-order valence-electron chi connectivity index (χ0n) is 17.2. The summed E-state index contributed by atoms with van der Waals surface area (Å²) in [5, 5.41) is 7.33. The Morgan fingerprint density at radius 2 is 1.77 bits per heavy atom. The molecule has 0 radical (unpaired) electrons. The van der Waals surface area contributed by atoms with Gasteiger partial charge in [-0.05, 0) is 79.1 Å². The topological polar surface area (TPSA) is 79.8 Å². The molecule has 0 aliphatic carbocycles. The van der Waals surface area contributed by atoms with E-state index in [0.717, 1.165) is 16.8 Å². The van der Waals surface area contributed by atoms with E-state index in [0.29, 0.717) is 21.9 Å². The molecule has 31 heavy (non-hydrogen) atoms. The molecule has 0 aliphatic heterocycles. The summed E-state index contributed by atoms with van der Waals surface area (Å²) >= 11 is 5.81. The third kappa shape index (κ3) is 6.69. The van der Waals surface area contributed by atoms with Crippen LogP contribution in [0.25, 0.3) is 0 Å². The fraction of sp³-hybridized carbons (Fsp3) is 0.125. The van der Waals surface area contributed by atoms with Gasteiger partial charge >= 0.3 is 0 Å². The van der Waals surface area contributed by atoms with E-state index in [1.54, 1.807) is 48.5 Å². The molecule has 0 saturated carbocycles. The summed E-state index contributed by atoms with van der Waals surface area (Å²) in [5.41, 5.74) is 6.62. The van der Waals surface area contributed by atoms with Crippen LogP contribution in [0.1, 0.15) is 27.0 Å². The van der Waals surface area contributed by atoms with Crippen molar-refractivity contribution in [2.45, 2.75) is 13.8 Å². The molecule has 0 spiro atoms. The van der Waals surface area contributed by atoms with Crippen LogP contribution in [-0.4, -0.2) is 24.6 Å². The number of carbonyl (C=O) groups is 2. The van der Waals surface area contributed by atoms with Gasteiger partial charge in [-0.2, -0.15) is 5.10 Å². The van der Waals surface area contributed by atoms with Crippen molar-refractivity contribution in [2.24, 2.45) is 5.10 Å². The van der Waals surface area contributed by atoms with Crippen LogP contribution in [0, 0.1) is 13.8 Å². The lowest BCUT2D eigenvalue weighted by Gasteiger charge is -2.09. The van der Waals surface area contributed by atoms with E-state index < -0.39 is 0 Å². The Labute approximate surface area is 185 Å². The smallest absolute Gasteiger partial charge is 0.271 e. The second-order valence-electron chi connectivity index (χ2n) is 6.91. The number of halogens is 1. The maximum Gasteiger partial charge on any atom is 0.271 e. The molecule has 7 heteroatoms.